The Morgan fingerprint density at radius 1 is 0.647 bits per heavy atom. The molecule has 0 aliphatic carbocycles. The van der Waals surface area contributed by atoms with Crippen LogP contribution in [0.15, 0.2) is 95.1 Å². The molecule has 2 amide bonds. The standard InChI is InChI=1S/C28H26N4O2/c1-18-14-16-19(17-15-18)22(23-25(29-31(2)27(23)33)20-10-6-4-7-11-20)24-26(30-32(3)28(24)34)21-12-8-5-9-13-21/h4-17,22-24H,1-3H3/t23-,24-/m1/s1. The zero-order valence-corrected chi connectivity index (χ0v) is 19.4. The first-order valence-corrected chi connectivity index (χ1v) is 11.3. The smallest absolute Gasteiger partial charge is 0.252 e. The van der Waals surface area contributed by atoms with Gasteiger partial charge in [0.1, 0.15) is 0 Å². The van der Waals surface area contributed by atoms with Crippen LogP contribution in [0.3, 0.4) is 0 Å². The van der Waals surface area contributed by atoms with Gasteiger partial charge in [-0.2, -0.15) is 10.2 Å². The molecule has 0 spiro atoms. The lowest BCUT2D eigenvalue weighted by molar-refractivity contribution is -0.133. The fourth-order valence-corrected chi connectivity index (χ4v) is 4.89. The number of nitrogens with zero attached hydrogens (tertiary/aromatic N) is 4. The van der Waals surface area contributed by atoms with Gasteiger partial charge in [0.05, 0.1) is 23.3 Å². The van der Waals surface area contributed by atoms with Crippen molar-refractivity contribution in [2.45, 2.75) is 12.8 Å². The van der Waals surface area contributed by atoms with Crippen molar-refractivity contribution in [2.24, 2.45) is 22.0 Å². The zero-order chi connectivity index (χ0) is 23.8. The molecule has 3 aromatic rings. The van der Waals surface area contributed by atoms with Gasteiger partial charge in [-0.1, -0.05) is 90.5 Å². The number of carbonyl (C=O) groups excluding carboxylic acids is 2. The van der Waals surface area contributed by atoms with E-state index in [0.29, 0.717) is 11.4 Å². The number of hydrogen-bond donors (Lipinski definition) is 0. The Kier molecular flexibility index (Phi) is 5.57. The quantitative estimate of drug-likeness (QED) is 0.588. The van der Waals surface area contributed by atoms with Gasteiger partial charge in [0.25, 0.3) is 11.8 Å². The largest absolute Gasteiger partial charge is 0.272 e. The Balaban J connectivity index is 1.70. The molecule has 0 aromatic heterocycles. The summed E-state index contributed by atoms with van der Waals surface area (Å²) in [5.74, 6) is -1.96. The third-order valence-corrected chi connectivity index (χ3v) is 6.59. The minimum Gasteiger partial charge on any atom is -0.272 e. The molecule has 0 saturated carbocycles. The van der Waals surface area contributed by atoms with Crippen molar-refractivity contribution in [3.05, 3.63) is 107 Å². The van der Waals surface area contributed by atoms with E-state index in [-0.39, 0.29) is 11.8 Å². The third-order valence-electron chi connectivity index (χ3n) is 6.59. The average molecular weight is 451 g/mol. The van der Waals surface area contributed by atoms with Gasteiger partial charge in [-0.15, -0.1) is 0 Å². The lowest BCUT2D eigenvalue weighted by Crippen LogP contribution is -2.40. The van der Waals surface area contributed by atoms with Crippen molar-refractivity contribution in [3.8, 4) is 0 Å². The van der Waals surface area contributed by atoms with Gasteiger partial charge >= 0.3 is 0 Å². The highest BCUT2D eigenvalue weighted by molar-refractivity contribution is 6.20. The van der Waals surface area contributed by atoms with E-state index in [1.54, 1.807) is 14.1 Å². The van der Waals surface area contributed by atoms with Gasteiger partial charge in [0.15, 0.2) is 0 Å². The van der Waals surface area contributed by atoms with E-state index in [0.717, 1.165) is 22.3 Å². The van der Waals surface area contributed by atoms with E-state index >= 15 is 0 Å². The van der Waals surface area contributed by atoms with Crippen LogP contribution in [0.1, 0.15) is 28.2 Å². The van der Waals surface area contributed by atoms with E-state index in [4.69, 9.17) is 0 Å². The molecular weight excluding hydrogens is 424 g/mol. The Morgan fingerprint density at radius 3 is 1.47 bits per heavy atom. The molecule has 2 heterocycles. The van der Waals surface area contributed by atoms with Crippen LogP contribution in [0, 0.1) is 18.8 Å². The van der Waals surface area contributed by atoms with Crippen LogP contribution in [0.4, 0.5) is 0 Å². The summed E-state index contributed by atoms with van der Waals surface area (Å²) in [6, 6.07) is 27.5. The van der Waals surface area contributed by atoms with Crippen LogP contribution < -0.4 is 0 Å². The molecule has 6 nitrogen and oxygen atoms in total. The fraction of sp³-hybridized carbons (Fsp3) is 0.214. The Morgan fingerprint density at radius 2 is 1.06 bits per heavy atom. The molecular formula is C28H26N4O2. The number of carbonyl (C=O) groups is 2. The van der Waals surface area contributed by atoms with Crippen molar-refractivity contribution in [3.63, 3.8) is 0 Å². The maximum atomic E-state index is 13.6. The van der Waals surface area contributed by atoms with Gasteiger partial charge in [-0.05, 0) is 23.6 Å². The highest BCUT2D eigenvalue weighted by atomic mass is 16.2. The van der Waals surface area contributed by atoms with E-state index < -0.39 is 17.8 Å². The summed E-state index contributed by atoms with van der Waals surface area (Å²) in [6.45, 7) is 2.02. The third kappa shape index (κ3) is 3.71. The molecule has 0 radical (unpaired) electrons. The van der Waals surface area contributed by atoms with Crippen LogP contribution in [-0.2, 0) is 9.59 Å². The number of benzene rings is 3. The number of hydrazone groups is 2. The van der Waals surface area contributed by atoms with Gasteiger partial charge in [0.2, 0.25) is 0 Å². The highest BCUT2D eigenvalue weighted by Gasteiger charge is 2.50. The summed E-state index contributed by atoms with van der Waals surface area (Å²) >= 11 is 0. The molecule has 0 saturated heterocycles. The molecule has 2 aliphatic heterocycles. The van der Waals surface area contributed by atoms with Crippen molar-refractivity contribution in [1.82, 2.24) is 10.0 Å². The Bertz CT molecular complexity index is 1200. The number of aryl methyl sites for hydroxylation is 1. The predicted octanol–water partition coefficient (Wildman–Crippen LogP) is 4.06. The van der Waals surface area contributed by atoms with Crippen molar-refractivity contribution in [1.29, 1.82) is 0 Å². The molecule has 0 fully saturated rings. The summed E-state index contributed by atoms with van der Waals surface area (Å²) < 4.78 is 0. The van der Waals surface area contributed by atoms with Crippen LogP contribution >= 0.6 is 0 Å². The molecule has 0 unspecified atom stereocenters. The van der Waals surface area contributed by atoms with Crippen LogP contribution in [0.2, 0.25) is 0 Å². The van der Waals surface area contributed by atoms with Crippen LogP contribution in [0.25, 0.3) is 0 Å². The van der Waals surface area contributed by atoms with Crippen molar-refractivity contribution in [2.75, 3.05) is 14.1 Å². The van der Waals surface area contributed by atoms with Gasteiger partial charge in [-0.3, -0.25) is 9.59 Å². The van der Waals surface area contributed by atoms with Gasteiger partial charge in [-0.25, -0.2) is 10.0 Å². The monoisotopic (exact) mass is 450 g/mol. The molecule has 170 valence electrons. The molecule has 3 aromatic carbocycles. The van der Waals surface area contributed by atoms with Gasteiger partial charge in [0, 0.05) is 20.0 Å². The highest BCUT2D eigenvalue weighted by Crippen LogP contribution is 2.42. The van der Waals surface area contributed by atoms with Crippen molar-refractivity contribution >= 4 is 23.2 Å². The van der Waals surface area contributed by atoms with Crippen LogP contribution in [0.5, 0.6) is 0 Å². The van der Waals surface area contributed by atoms with E-state index in [9.17, 15) is 9.59 Å². The minimum atomic E-state index is -0.621. The van der Waals surface area contributed by atoms with E-state index in [1.807, 2.05) is 91.9 Å². The molecule has 0 bridgehead atoms. The molecule has 5 rings (SSSR count). The molecule has 2 atom stereocenters. The predicted molar refractivity (Wildman–Crippen MR) is 132 cm³/mol. The first-order valence-electron chi connectivity index (χ1n) is 11.3. The number of hydrogen-bond acceptors (Lipinski definition) is 4. The lowest BCUT2D eigenvalue weighted by atomic mass is 9.70. The van der Waals surface area contributed by atoms with E-state index in [1.165, 1.54) is 10.0 Å². The maximum Gasteiger partial charge on any atom is 0.252 e. The topological polar surface area (TPSA) is 65.3 Å². The Labute approximate surface area is 199 Å². The summed E-state index contributed by atoms with van der Waals surface area (Å²) in [5.41, 5.74) is 5.13. The summed E-state index contributed by atoms with van der Waals surface area (Å²) in [5, 5.41) is 12.1. The summed E-state index contributed by atoms with van der Waals surface area (Å²) in [4.78, 5) is 27.2. The van der Waals surface area contributed by atoms with E-state index in [2.05, 4.69) is 10.2 Å². The normalized spacial score (nSPS) is 20.2. The van der Waals surface area contributed by atoms with Crippen LogP contribution in [-0.4, -0.2) is 47.4 Å². The molecule has 34 heavy (non-hydrogen) atoms. The second kappa shape index (κ2) is 8.71. The summed E-state index contributed by atoms with van der Waals surface area (Å²) in [7, 11) is 3.35. The molecule has 0 N–H and O–H groups in total. The lowest BCUT2D eigenvalue weighted by Gasteiger charge is -2.29. The first kappa shape index (κ1) is 21.8. The van der Waals surface area contributed by atoms with Crippen molar-refractivity contribution < 1.29 is 9.59 Å². The molecule has 6 heteroatoms. The maximum absolute atomic E-state index is 13.6. The fourth-order valence-electron chi connectivity index (χ4n) is 4.89. The number of rotatable bonds is 5. The average Bonchev–Trinajstić information content (AvgIpc) is 3.32. The number of amides is 2. The second-order valence-electron chi connectivity index (χ2n) is 8.82. The second-order valence-corrected chi connectivity index (χ2v) is 8.82. The SMILES string of the molecule is Cc1ccc(C([C@H]2C(=O)N(C)N=C2c2ccccc2)[C@H]2C(=O)N(C)N=C2c2ccccc2)cc1. The Hall–Kier alpha value is -4.06. The minimum absolute atomic E-state index is 0.126. The van der Waals surface area contributed by atoms with Gasteiger partial charge < -0.3 is 0 Å². The summed E-state index contributed by atoms with van der Waals surface area (Å²) in [6.07, 6.45) is 0. The first-order chi connectivity index (χ1) is 16.5. The zero-order valence-electron chi connectivity index (χ0n) is 19.4. The molecule has 2 aliphatic rings.